The molecule has 2 aliphatic rings. The number of alkyl halides is 1. The first-order valence-corrected chi connectivity index (χ1v) is 6.35. The molecule has 104 valence electrons. The number of aliphatic hydroxyl groups is 2. The molecule has 3 rings (SSSR count). The van der Waals surface area contributed by atoms with E-state index in [1.54, 1.807) is 4.57 Å². The van der Waals surface area contributed by atoms with E-state index in [0.29, 0.717) is 11.5 Å². The van der Waals surface area contributed by atoms with Crippen LogP contribution in [0.2, 0.25) is 0 Å². The SMILES string of the molecule is NC1N=CNc2c1ncn2[C@@H]1O[C@H](CCl)[C@@H](O)[C@H]1O. The Labute approximate surface area is 113 Å². The highest BCUT2D eigenvalue weighted by atomic mass is 35.5. The highest BCUT2D eigenvalue weighted by molar-refractivity contribution is 6.18. The fourth-order valence-electron chi connectivity index (χ4n) is 2.27. The van der Waals surface area contributed by atoms with Crippen LogP contribution in [0.1, 0.15) is 18.1 Å². The summed E-state index contributed by atoms with van der Waals surface area (Å²) in [6, 6.07) is 0. The van der Waals surface area contributed by atoms with Gasteiger partial charge in [0.2, 0.25) is 0 Å². The van der Waals surface area contributed by atoms with Crippen LogP contribution in [-0.2, 0) is 4.74 Å². The maximum Gasteiger partial charge on any atom is 0.165 e. The molecule has 19 heavy (non-hydrogen) atoms. The van der Waals surface area contributed by atoms with Crippen molar-refractivity contribution in [3.05, 3.63) is 12.0 Å². The van der Waals surface area contributed by atoms with Crippen LogP contribution in [0.5, 0.6) is 0 Å². The minimum atomic E-state index is -1.08. The van der Waals surface area contributed by atoms with Gasteiger partial charge in [-0.1, -0.05) is 0 Å². The number of rotatable bonds is 2. The Hall–Kier alpha value is -1.19. The number of hydrogen-bond acceptors (Lipinski definition) is 7. The Kier molecular flexibility index (Phi) is 3.19. The number of anilines is 1. The summed E-state index contributed by atoms with van der Waals surface area (Å²) in [6.07, 6.45) is -1.10. The number of halogens is 1. The number of aliphatic imine (C=N–C) groups is 1. The normalized spacial score (nSPS) is 37.2. The predicted molar refractivity (Wildman–Crippen MR) is 67.9 cm³/mol. The highest BCUT2D eigenvalue weighted by Gasteiger charge is 2.44. The third kappa shape index (κ3) is 1.92. The molecule has 8 nitrogen and oxygen atoms in total. The minimum Gasteiger partial charge on any atom is -0.387 e. The average molecular weight is 288 g/mol. The molecule has 1 aromatic heterocycles. The second-order valence-electron chi connectivity index (χ2n) is 4.45. The number of nitrogens with two attached hydrogens (primary N) is 1. The van der Waals surface area contributed by atoms with Gasteiger partial charge in [-0.05, 0) is 0 Å². The summed E-state index contributed by atoms with van der Waals surface area (Å²) in [5, 5.41) is 22.8. The first-order valence-electron chi connectivity index (χ1n) is 5.81. The van der Waals surface area contributed by atoms with Gasteiger partial charge in [0.05, 0.1) is 18.5 Å². The lowest BCUT2D eigenvalue weighted by atomic mass is 10.1. The molecule has 3 heterocycles. The Morgan fingerprint density at radius 2 is 2.26 bits per heavy atom. The van der Waals surface area contributed by atoms with Crippen molar-refractivity contribution in [1.82, 2.24) is 9.55 Å². The standard InChI is InChI=1S/C10H14ClN5O3/c11-1-4-6(17)7(18)10(19-4)16-3-15-5-8(12)13-2-14-9(5)16/h2-4,6-8,10,17-18H,1,12H2,(H,13,14)/t4-,6-,7-,8?,10-/m1/s1. The van der Waals surface area contributed by atoms with E-state index in [1.807, 2.05) is 0 Å². The Morgan fingerprint density at radius 1 is 1.47 bits per heavy atom. The van der Waals surface area contributed by atoms with Crippen LogP contribution in [0.25, 0.3) is 0 Å². The number of aromatic nitrogens is 2. The number of fused-ring (bicyclic) bond motifs is 1. The third-order valence-electron chi connectivity index (χ3n) is 3.30. The molecule has 0 radical (unpaired) electrons. The molecule has 1 saturated heterocycles. The van der Waals surface area contributed by atoms with Gasteiger partial charge in [0.25, 0.3) is 0 Å². The van der Waals surface area contributed by atoms with Crippen LogP contribution in [0.15, 0.2) is 11.3 Å². The molecule has 0 saturated carbocycles. The summed E-state index contributed by atoms with van der Waals surface area (Å²) in [4.78, 5) is 8.12. The van der Waals surface area contributed by atoms with E-state index in [2.05, 4.69) is 15.3 Å². The zero-order valence-corrected chi connectivity index (χ0v) is 10.6. The van der Waals surface area contributed by atoms with Crippen LogP contribution in [-0.4, -0.2) is 50.3 Å². The molecule has 9 heteroatoms. The molecule has 1 aromatic rings. The van der Waals surface area contributed by atoms with Crippen molar-refractivity contribution < 1.29 is 14.9 Å². The second-order valence-corrected chi connectivity index (χ2v) is 4.76. The van der Waals surface area contributed by atoms with Crippen LogP contribution < -0.4 is 11.1 Å². The Morgan fingerprint density at radius 3 is 2.95 bits per heavy atom. The Bertz CT molecular complexity index is 507. The first kappa shape index (κ1) is 12.8. The van der Waals surface area contributed by atoms with Crippen molar-refractivity contribution in [3.63, 3.8) is 0 Å². The molecule has 5 atom stereocenters. The quantitative estimate of drug-likeness (QED) is 0.526. The van der Waals surface area contributed by atoms with E-state index in [0.717, 1.165) is 0 Å². The van der Waals surface area contributed by atoms with Gasteiger partial charge >= 0.3 is 0 Å². The number of ether oxygens (including phenoxy) is 1. The lowest BCUT2D eigenvalue weighted by molar-refractivity contribution is -0.0301. The highest BCUT2D eigenvalue weighted by Crippen LogP contribution is 2.35. The van der Waals surface area contributed by atoms with Gasteiger partial charge in [-0.3, -0.25) is 9.56 Å². The van der Waals surface area contributed by atoms with Crippen molar-refractivity contribution >= 4 is 23.8 Å². The molecular weight excluding hydrogens is 274 g/mol. The van der Waals surface area contributed by atoms with E-state index >= 15 is 0 Å². The molecule has 0 aliphatic carbocycles. The van der Waals surface area contributed by atoms with Crippen molar-refractivity contribution in [3.8, 4) is 0 Å². The van der Waals surface area contributed by atoms with Gasteiger partial charge in [-0.15, -0.1) is 11.6 Å². The van der Waals surface area contributed by atoms with E-state index < -0.39 is 30.7 Å². The predicted octanol–water partition coefficient (Wildman–Crippen LogP) is -0.848. The molecule has 0 bridgehead atoms. The molecular formula is C10H14ClN5O3. The maximum absolute atomic E-state index is 10.0. The van der Waals surface area contributed by atoms with Gasteiger partial charge in [0.1, 0.15) is 36.0 Å². The molecule has 2 aliphatic heterocycles. The summed E-state index contributed by atoms with van der Waals surface area (Å²) < 4.78 is 7.13. The fourth-order valence-corrected chi connectivity index (χ4v) is 2.52. The molecule has 0 spiro atoms. The van der Waals surface area contributed by atoms with Crippen LogP contribution >= 0.6 is 11.6 Å². The van der Waals surface area contributed by atoms with Crippen LogP contribution in [0.3, 0.4) is 0 Å². The minimum absolute atomic E-state index is 0.0972. The Balaban J connectivity index is 1.92. The molecule has 5 N–H and O–H groups in total. The largest absolute Gasteiger partial charge is 0.387 e. The third-order valence-corrected chi connectivity index (χ3v) is 3.61. The lowest BCUT2D eigenvalue weighted by Crippen LogP contribution is -2.32. The lowest BCUT2D eigenvalue weighted by Gasteiger charge is -2.21. The summed E-state index contributed by atoms with van der Waals surface area (Å²) in [5.74, 6) is 0.689. The first-order chi connectivity index (χ1) is 9.13. The number of hydrogen-bond donors (Lipinski definition) is 4. The maximum atomic E-state index is 10.0. The average Bonchev–Trinajstić information content (AvgIpc) is 2.94. The van der Waals surface area contributed by atoms with Gasteiger partial charge in [-0.2, -0.15) is 0 Å². The van der Waals surface area contributed by atoms with Gasteiger partial charge in [-0.25, -0.2) is 4.98 Å². The smallest absolute Gasteiger partial charge is 0.165 e. The molecule has 0 amide bonds. The number of imidazole rings is 1. The van der Waals surface area contributed by atoms with Crippen molar-refractivity contribution in [2.45, 2.75) is 30.7 Å². The van der Waals surface area contributed by atoms with Gasteiger partial charge in [0.15, 0.2) is 6.23 Å². The number of nitrogens with zero attached hydrogens (tertiary/aromatic N) is 3. The zero-order valence-electron chi connectivity index (χ0n) is 9.85. The second kappa shape index (κ2) is 4.73. The monoisotopic (exact) mass is 287 g/mol. The topological polar surface area (TPSA) is 118 Å². The number of nitrogens with one attached hydrogen (secondary N) is 1. The van der Waals surface area contributed by atoms with E-state index in [9.17, 15) is 10.2 Å². The molecule has 0 aromatic carbocycles. The molecule has 1 fully saturated rings. The summed E-state index contributed by atoms with van der Waals surface area (Å²) >= 11 is 5.68. The summed E-state index contributed by atoms with van der Waals surface area (Å²) in [7, 11) is 0. The van der Waals surface area contributed by atoms with Gasteiger partial charge < -0.3 is 26.0 Å². The zero-order chi connectivity index (χ0) is 13.6. The summed E-state index contributed by atoms with van der Waals surface area (Å²) in [6.45, 7) is 0. The number of aliphatic hydroxyl groups excluding tert-OH is 2. The summed E-state index contributed by atoms with van der Waals surface area (Å²) in [5.41, 5.74) is 6.34. The van der Waals surface area contributed by atoms with E-state index in [1.165, 1.54) is 12.7 Å². The van der Waals surface area contributed by atoms with Crippen LogP contribution in [0, 0.1) is 0 Å². The van der Waals surface area contributed by atoms with E-state index in [-0.39, 0.29) is 5.88 Å². The van der Waals surface area contributed by atoms with E-state index in [4.69, 9.17) is 22.1 Å². The molecule has 1 unspecified atom stereocenters. The van der Waals surface area contributed by atoms with Crippen molar-refractivity contribution in [2.75, 3.05) is 11.2 Å². The van der Waals surface area contributed by atoms with Gasteiger partial charge in [0, 0.05) is 0 Å². The van der Waals surface area contributed by atoms with Crippen molar-refractivity contribution in [2.24, 2.45) is 10.7 Å². The fraction of sp³-hybridized carbons (Fsp3) is 0.600. The van der Waals surface area contributed by atoms with Crippen LogP contribution in [0.4, 0.5) is 5.82 Å². The van der Waals surface area contributed by atoms with Crippen molar-refractivity contribution in [1.29, 1.82) is 0 Å².